The molecule has 0 spiro atoms. The van der Waals surface area contributed by atoms with E-state index < -0.39 is 11.7 Å². The highest BCUT2D eigenvalue weighted by atomic mass is 32.1. The number of hydrogen-bond acceptors (Lipinski definition) is 4. The molecule has 1 aliphatic rings. The molecule has 0 atom stereocenters. The fourth-order valence-electron chi connectivity index (χ4n) is 1.22. The van der Waals surface area contributed by atoms with E-state index in [0.29, 0.717) is 19.3 Å². The van der Waals surface area contributed by atoms with Crippen molar-refractivity contribution in [1.82, 2.24) is 0 Å². The topological polar surface area (TPSA) is 35.5 Å². The molecular weight excluding hydrogens is 226 g/mol. The third kappa shape index (κ3) is 1.81. The second-order valence-electron chi connectivity index (χ2n) is 3.17. The van der Waals surface area contributed by atoms with Gasteiger partial charge in [-0.2, -0.15) is 8.78 Å². The Morgan fingerprint density at radius 2 is 2.13 bits per heavy atom. The van der Waals surface area contributed by atoms with E-state index in [1.165, 1.54) is 5.38 Å². The highest BCUT2D eigenvalue weighted by Crippen LogP contribution is 2.41. The Balaban J connectivity index is 2.37. The molecule has 1 aromatic heterocycles. The lowest BCUT2D eigenvalue weighted by atomic mass is 10.2. The quantitative estimate of drug-likeness (QED) is 0.737. The van der Waals surface area contributed by atoms with E-state index in [1.807, 2.05) is 0 Å². The Kier molecular flexibility index (Phi) is 2.38. The molecule has 1 aliphatic heterocycles. The Morgan fingerprint density at radius 3 is 2.80 bits per heavy atom. The van der Waals surface area contributed by atoms with Gasteiger partial charge in [0.15, 0.2) is 11.5 Å². The molecule has 0 N–H and O–H groups in total. The van der Waals surface area contributed by atoms with Crippen molar-refractivity contribution in [3.63, 3.8) is 0 Å². The predicted octanol–water partition coefficient (Wildman–Crippen LogP) is 2.36. The van der Waals surface area contributed by atoms with E-state index in [-0.39, 0.29) is 17.2 Å². The molecule has 2 heterocycles. The molecule has 0 aromatic carbocycles. The van der Waals surface area contributed by atoms with Crippen molar-refractivity contribution in [2.75, 3.05) is 13.2 Å². The van der Waals surface area contributed by atoms with Gasteiger partial charge in [0.1, 0.15) is 18.1 Å². The van der Waals surface area contributed by atoms with Gasteiger partial charge in [-0.05, 0) is 0 Å². The van der Waals surface area contributed by atoms with Gasteiger partial charge >= 0.3 is 5.92 Å². The second kappa shape index (κ2) is 3.44. The molecule has 0 fully saturated rings. The average molecular weight is 234 g/mol. The number of halogens is 2. The van der Waals surface area contributed by atoms with Crippen LogP contribution in [-0.2, 0) is 0 Å². The number of Topliss-reactive ketones (excluding diaryl/α,β-unsaturated/α-hetero) is 1. The molecule has 82 valence electrons. The number of ether oxygens (including phenoxy) is 2. The SMILES string of the molecule is CC(F)(F)C(=O)c1scc2c1OCCO2. The standard InChI is InChI=1S/C9H8F2O3S/c1-9(10,11)8(12)7-6-5(4-15-7)13-2-3-14-6/h4H,2-3H2,1H3. The molecule has 0 amide bonds. The second-order valence-corrected chi connectivity index (χ2v) is 4.05. The maximum absolute atomic E-state index is 12.8. The summed E-state index contributed by atoms with van der Waals surface area (Å²) in [6.07, 6.45) is 0. The molecule has 2 rings (SSSR count). The molecule has 0 saturated heterocycles. The first-order valence-electron chi connectivity index (χ1n) is 4.30. The van der Waals surface area contributed by atoms with Crippen LogP contribution in [0.2, 0.25) is 0 Å². The Labute approximate surface area is 88.6 Å². The van der Waals surface area contributed by atoms with Gasteiger partial charge in [0.05, 0.1) is 0 Å². The molecule has 0 radical (unpaired) electrons. The van der Waals surface area contributed by atoms with E-state index in [4.69, 9.17) is 9.47 Å². The van der Waals surface area contributed by atoms with Crippen LogP contribution >= 0.6 is 11.3 Å². The van der Waals surface area contributed by atoms with Crippen LogP contribution in [0.1, 0.15) is 16.6 Å². The zero-order chi connectivity index (χ0) is 11.1. The van der Waals surface area contributed by atoms with Crippen LogP contribution in [0.3, 0.4) is 0 Å². The van der Waals surface area contributed by atoms with Crippen molar-refractivity contribution in [1.29, 1.82) is 0 Å². The van der Waals surface area contributed by atoms with Gasteiger partial charge in [-0.25, -0.2) is 0 Å². The van der Waals surface area contributed by atoms with Crippen molar-refractivity contribution in [2.24, 2.45) is 0 Å². The average Bonchev–Trinajstić information content (AvgIpc) is 2.58. The minimum absolute atomic E-state index is 0.0720. The number of fused-ring (bicyclic) bond motifs is 1. The highest BCUT2D eigenvalue weighted by Gasteiger charge is 2.38. The minimum atomic E-state index is -3.38. The van der Waals surface area contributed by atoms with Crippen molar-refractivity contribution in [3.05, 3.63) is 10.3 Å². The smallest absolute Gasteiger partial charge is 0.308 e. The van der Waals surface area contributed by atoms with Gasteiger partial charge in [-0.3, -0.25) is 4.79 Å². The zero-order valence-corrected chi connectivity index (χ0v) is 8.70. The molecule has 3 nitrogen and oxygen atoms in total. The minimum Gasteiger partial charge on any atom is -0.485 e. The van der Waals surface area contributed by atoms with Crippen LogP contribution in [0.25, 0.3) is 0 Å². The third-order valence-corrected chi connectivity index (χ3v) is 2.84. The fraction of sp³-hybridized carbons (Fsp3) is 0.444. The van der Waals surface area contributed by atoms with Crippen LogP contribution in [0, 0.1) is 0 Å². The van der Waals surface area contributed by atoms with Gasteiger partial charge in [0.25, 0.3) is 0 Å². The normalized spacial score (nSPS) is 15.1. The van der Waals surface area contributed by atoms with Gasteiger partial charge in [0, 0.05) is 12.3 Å². The number of carbonyl (C=O) groups excluding carboxylic acids is 1. The Bertz CT molecular complexity index is 395. The Hall–Kier alpha value is -1.17. The lowest BCUT2D eigenvalue weighted by Gasteiger charge is -2.16. The number of ketones is 1. The molecule has 0 bridgehead atoms. The van der Waals surface area contributed by atoms with Gasteiger partial charge in [-0.15, -0.1) is 11.3 Å². The summed E-state index contributed by atoms with van der Waals surface area (Å²) in [7, 11) is 0. The van der Waals surface area contributed by atoms with Crippen molar-refractivity contribution < 1.29 is 23.0 Å². The van der Waals surface area contributed by atoms with Crippen LogP contribution in [0.5, 0.6) is 11.5 Å². The first-order chi connectivity index (χ1) is 7.00. The number of hydrogen-bond donors (Lipinski definition) is 0. The van der Waals surface area contributed by atoms with Crippen molar-refractivity contribution in [3.8, 4) is 11.5 Å². The van der Waals surface area contributed by atoms with Crippen molar-refractivity contribution >= 4 is 17.1 Å². The van der Waals surface area contributed by atoms with Crippen LogP contribution in [-0.4, -0.2) is 24.9 Å². The molecule has 15 heavy (non-hydrogen) atoms. The molecule has 6 heteroatoms. The maximum atomic E-state index is 12.8. The molecule has 0 saturated carbocycles. The summed E-state index contributed by atoms with van der Waals surface area (Å²) in [5.74, 6) is -4.07. The monoisotopic (exact) mass is 234 g/mol. The van der Waals surface area contributed by atoms with E-state index >= 15 is 0 Å². The van der Waals surface area contributed by atoms with E-state index in [1.54, 1.807) is 0 Å². The summed E-state index contributed by atoms with van der Waals surface area (Å²) >= 11 is 0.921. The highest BCUT2D eigenvalue weighted by molar-refractivity contribution is 7.13. The summed E-state index contributed by atoms with van der Waals surface area (Å²) in [6.45, 7) is 1.23. The molecule has 0 aliphatic carbocycles. The van der Waals surface area contributed by atoms with E-state index in [9.17, 15) is 13.6 Å². The van der Waals surface area contributed by atoms with E-state index in [0.717, 1.165) is 11.3 Å². The Morgan fingerprint density at radius 1 is 1.47 bits per heavy atom. The van der Waals surface area contributed by atoms with Crippen LogP contribution in [0.15, 0.2) is 5.38 Å². The summed E-state index contributed by atoms with van der Waals surface area (Å²) in [6, 6.07) is 0. The first-order valence-corrected chi connectivity index (χ1v) is 5.18. The predicted molar refractivity (Wildman–Crippen MR) is 50.3 cm³/mol. The van der Waals surface area contributed by atoms with Crippen molar-refractivity contribution in [2.45, 2.75) is 12.8 Å². The van der Waals surface area contributed by atoms with Gasteiger partial charge in [-0.1, -0.05) is 0 Å². The zero-order valence-electron chi connectivity index (χ0n) is 7.88. The number of rotatable bonds is 2. The summed E-state index contributed by atoms with van der Waals surface area (Å²) < 4.78 is 35.9. The largest absolute Gasteiger partial charge is 0.485 e. The summed E-state index contributed by atoms with van der Waals surface area (Å²) in [5, 5.41) is 1.51. The summed E-state index contributed by atoms with van der Waals surface area (Å²) in [5.41, 5.74) is 0. The molecule has 1 aromatic rings. The van der Waals surface area contributed by atoms with Gasteiger partial charge in [0.2, 0.25) is 5.78 Å². The maximum Gasteiger partial charge on any atom is 0.308 e. The van der Waals surface area contributed by atoms with Gasteiger partial charge < -0.3 is 9.47 Å². The first kappa shape index (κ1) is 10.4. The lowest BCUT2D eigenvalue weighted by Crippen LogP contribution is -2.25. The third-order valence-electron chi connectivity index (χ3n) is 1.91. The van der Waals surface area contributed by atoms with Crippen LogP contribution < -0.4 is 9.47 Å². The number of alkyl halides is 2. The molecular formula is C9H8F2O3S. The van der Waals surface area contributed by atoms with E-state index in [2.05, 4.69) is 0 Å². The fourth-order valence-corrected chi connectivity index (χ4v) is 2.17. The summed E-state index contributed by atoms with van der Waals surface area (Å²) in [4.78, 5) is 11.3. The number of thiophene rings is 1. The van der Waals surface area contributed by atoms with Crippen LogP contribution in [0.4, 0.5) is 8.78 Å². The lowest BCUT2D eigenvalue weighted by molar-refractivity contribution is 0.0221. The number of carbonyl (C=O) groups is 1. The molecule has 0 unspecified atom stereocenters.